The first kappa shape index (κ1) is 18.7. The van der Waals surface area contributed by atoms with E-state index < -0.39 is 0 Å². The molecule has 4 atom stereocenters. The van der Waals surface area contributed by atoms with E-state index in [1.165, 1.54) is 57.8 Å². The summed E-state index contributed by atoms with van der Waals surface area (Å²) >= 11 is 0. The van der Waals surface area contributed by atoms with Crippen molar-refractivity contribution in [2.75, 3.05) is 0 Å². The van der Waals surface area contributed by atoms with Crippen molar-refractivity contribution in [1.29, 1.82) is 0 Å². The topological polar surface area (TPSA) is 40.5 Å². The Labute approximate surface area is 149 Å². The lowest BCUT2D eigenvalue weighted by molar-refractivity contribution is -0.0970. The van der Waals surface area contributed by atoms with Gasteiger partial charge in [-0.05, 0) is 79.4 Å². The summed E-state index contributed by atoms with van der Waals surface area (Å²) in [7, 11) is 0. The van der Waals surface area contributed by atoms with Crippen LogP contribution in [-0.4, -0.2) is 22.4 Å². The van der Waals surface area contributed by atoms with E-state index in [-0.39, 0.29) is 12.2 Å². The van der Waals surface area contributed by atoms with Crippen LogP contribution in [0.4, 0.5) is 0 Å². The highest BCUT2D eigenvalue weighted by Crippen LogP contribution is 2.58. The van der Waals surface area contributed by atoms with Gasteiger partial charge in [0.2, 0.25) is 0 Å². The van der Waals surface area contributed by atoms with E-state index >= 15 is 0 Å². The first-order valence-corrected chi connectivity index (χ1v) is 10.7. The summed E-state index contributed by atoms with van der Waals surface area (Å²) in [5.41, 5.74) is 0.490. The average Bonchev–Trinajstić information content (AvgIpc) is 2.57. The van der Waals surface area contributed by atoms with Gasteiger partial charge in [-0.3, -0.25) is 0 Å². The lowest BCUT2D eigenvalue weighted by atomic mass is 9.50. The van der Waals surface area contributed by atoms with Gasteiger partial charge >= 0.3 is 0 Å². The number of aliphatic hydroxyl groups is 2. The Morgan fingerprint density at radius 1 is 0.583 bits per heavy atom. The molecule has 3 aliphatic carbocycles. The molecule has 3 saturated carbocycles. The molecule has 24 heavy (non-hydrogen) atoms. The fourth-order valence-electron chi connectivity index (χ4n) is 6.97. The van der Waals surface area contributed by atoms with Crippen LogP contribution in [0.1, 0.15) is 85.5 Å². The van der Waals surface area contributed by atoms with Crippen molar-refractivity contribution in [2.45, 2.75) is 97.7 Å². The van der Waals surface area contributed by atoms with Gasteiger partial charge in [-0.25, -0.2) is 0 Å². The molecule has 3 fully saturated rings. The Morgan fingerprint density at radius 3 is 1.25 bits per heavy atom. The number of hydrogen-bond donors (Lipinski definition) is 2. The van der Waals surface area contributed by atoms with E-state index in [4.69, 9.17) is 0 Å². The van der Waals surface area contributed by atoms with E-state index in [1.807, 2.05) is 0 Å². The maximum absolute atomic E-state index is 10.4. The van der Waals surface area contributed by atoms with Gasteiger partial charge in [-0.15, -0.1) is 0 Å². The summed E-state index contributed by atoms with van der Waals surface area (Å²) in [6.07, 6.45) is 11.6. The van der Waals surface area contributed by atoms with Crippen molar-refractivity contribution in [3.8, 4) is 0 Å². The molecule has 0 aliphatic heterocycles. The molecule has 0 aromatic heterocycles. The van der Waals surface area contributed by atoms with Crippen LogP contribution in [0.5, 0.6) is 0 Å². The van der Waals surface area contributed by atoms with E-state index in [9.17, 15) is 10.2 Å². The van der Waals surface area contributed by atoms with Gasteiger partial charge in [-0.2, -0.15) is 0 Å². The molecule has 0 saturated heterocycles. The van der Waals surface area contributed by atoms with Gasteiger partial charge in [0.15, 0.2) is 0 Å². The molecule has 0 heterocycles. The van der Waals surface area contributed by atoms with Gasteiger partial charge in [0, 0.05) is 0 Å². The minimum atomic E-state index is -0.104. The zero-order chi connectivity index (χ0) is 17.5. The maximum Gasteiger partial charge on any atom is 0.0591 e. The van der Waals surface area contributed by atoms with Crippen LogP contribution in [0.2, 0.25) is 0 Å². The second-order valence-electron chi connectivity index (χ2n) is 10.0. The first-order valence-electron chi connectivity index (χ1n) is 10.7. The maximum atomic E-state index is 10.4. The highest BCUT2D eigenvalue weighted by molar-refractivity contribution is 5.01. The standard InChI is InChI=1S/C22H40O2/c1-14-10-18(11-15(2)20(14)23)22(8-6-5-7-9-22)19-12-16(3)21(24)17(4)13-19/h14-21,23-24H,5-13H2,1-4H3. The van der Waals surface area contributed by atoms with Crippen LogP contribution >= 0.6 is 0 Å². The number of rotatable bonds is 2. The Morgan fingerprint density at radius 2 is 0.917 bits per heavy atom. The van der Waals surface area contributed by atoms with Crippen LogP contribution in [0.3, 0.4) is 0 Å². The zero-order valence-electron chi connectivity index (χ0n) is 16.4. The van der Waals surface area contributed by atoms with E-state index in [0.29, 0.717) is 29.1 Å². The third kappa shape index (κ3) is 3.30. The smallest absolute Gasteiger partial charge is 0.0591 e. The molecule has 0 amide bonds. The molecular weight excluding hydrogens is 296 g/mol. The monoisotopic (exact) mass is 336 g/mol. The van der Waals surface area contributed by atoms with Crippen molar-refractivity contribution in [2.24, 2.45) is 40.9 Å². The fraction of sp³-hybridized carbons (Fsp3) is 1.00. The van der Waals surface area contributed by atoms with Crippen molar-refractivity contribution in [3.63, 3.8) is 0 Å². The molecule has 0 aromatic rings. The van der Waals surface area contributed by atoms with Crippen LogP contribution in [-0.2, 0) is 0 Å². The van der Waals surface area contributed by atoms with Gasteiger partial charge in [0.05, 0.1) is 12.2 Å². The number of aliphatic hydroxyl groups excluding tert-OH is 2. The summed E-state index contributed by atoms with van der Waals surface area (Å²) in [5, 5.41) is 20.9. The molecule has 4 unspecified atom stereocenters. The SMILES string of the molecule is CC1CC(C2(C3CC(C)C(O)C(C)C3)CCCCC2)CC(C)C1O. The summed E-state index contributed by atoms with van der Waals surface area (Å²) < 4.78 is 0. The number of hydrogen-bond acceptors (Lipinski definition) is 2. The van der Waals surface area contributed by atoms with Gasteiger partial charge in [-0.1, -0.05) is 47.0 Å². The molecular formula is C22H40O2. The third-order valence-electron chi connectivity index (χ3n) is 8.37. The highest BCUT2D eigenvalue weighted by atomic mass is 16.3. The van der Waals surface area contributed by atoms with E-state index in [0.717, 1.165) is 11.8 Å². The molecule has 140 valence electrons. The van der Waals surface area contributed by atoms with E-state index in [1.54, 1.807) is 0 Å². The molecule has 0 spiro atoms. The summed E-state index contributed by atoms with van der Waals surface area (Å²) in [4.78, 5) is 0. The molecule has 0 radical (unpaired) electrons. The van der Waals surface area contributed by atoms with Crippen LogP contribution < -0.4 is 0 Å². The van der Waals surface area contributed by atoms with Crippen molar-refractivity contribution in [1.82, 2.24) is 0 Å². The minimum Gasteiger partial charge on any atom is -0.393 e. The normalized spacial score (nSPS) is 49.8. The Kier molecular flexibility index (Phi) is 5.67. The molecule has 0 aromatic carbocycles. The molecule has 2 nitrogen and oxygen atoms in total. The Balaban J connectivity index is 1.85. The van der Waals surface area contributed by atoms with E-state index in [2.05, 4.69) is 27.7 Å². The molecule has 3 rings (SSSR count). The fourth-order valence-corrected chi connectivity index (χ4v) is 6.97. The van der Waals surface area contributed by atoms with Crippen LogP contribution in [0.25, 0.3) is 0 Å². The lowest BCUT2D eigenvalue weighted by Gasteiger charge is -2.56. The van der Waals surface area contributed by atoms with Crippen LogP contribution in [0.15, 0.2) is 0 Å². The second-order valence-corrected chi connectivity index (χ2v) is 10.0. The summed E-state index contributed by atoms with van der Waals surface area (Å²) in [5.74, 6) is 3.35. The predicted molar refractivity (Wildman–Crippen MR) is 99.6 cm³/mol. The Bertz CT molecular complexity index is 358. The van der Waals surface area contributed by atoms with Crippen molar-refractivity contribution in [3.05, 3.63) is 0 Å². The molecule has 2 N–H and O–H groups in total. The van der Waals surface area contributed by atoms with Crippen molar-refractivity contribution < 1.29 is 10.2 Å². The van der Waals surface area contributed by atoms with Crippen molar-refractivity contribution >= 4 is 0 Å². The average molecular weight is 337 g/mol. The quantitative estimate of drug-likeness (QED) is 0.743. The molecule has 2 heteroatoms. The van der Waals surface area contributed by atoms with Gasteiger partial charge in [0.25, 0.3) is 0 Å². The summed E-state index contributed by atoms with van der Waals surface area (Å²) in [6, 6.07) is 0. The molecule has 0 bridgehead atoms. The molecule has 3 aliphatic rings. The van der Waals surface area contributed by atoms with Gasteiger partial charge in [0.1, 0.15) is 0 Å². The van der Waals surface area contributed by atoms with Crippen LogP contribution in [0, 0.1) is 40.9 Å². The van der Waals surface area contributed by atoms with Gasteiger partial charge < -0.3 is 10.2 Å². The minimum absolute atomic E-state index is 0.104. The third-order valence-corrected chi connectivity index (χ3v) is 8.37. The summed E-state index contributed by atoms with van der Waals surface area (Å²) in [6.45, 7) is 9.05. The predicted octanol–water partition coefficient (Wildman–Crippen LogP) is 5.02. The largest absolute Gasteiger partial charge is 0.393 e. The second kappa shape index (κ2) is 7.27. The Hall–Kier alpha value is -0.0800. The zero-order valence-corrected chi connectivity index (χ0v) is 16.4. The highest BCUT2D eigenvalue weighted by Gasteiger charge is 2.51. The first-order chi connectivity index (χ1) is 11.3. The lowest BCUT2D eigenvalue weighted by Crippen LogP contribution is -2.49.